The summed E-state index contributed by atoms with van der Waals surface area (Å²) in [5.74, 6) is -1.77. The highest BCUT2D eigenvalue weighted by Crippen LogP contribution is 2.15. The number of hydrogen-bond acceptors (Lipinski definition) is 4. The van der Waals surface area contributed by atoms with Gasteiger partial charge in [-0.3, -0.25) is 9.89 Å². The highest BCUT2D eigenvalue weighted by atomic mass is 16.4. The first-order chi connectivity index (χ1) is 9.40. The van der Waals surface area contributed by atoms with Gasteiger partial charge >= 0.3 is 5.97 Å². The third-order valence-electron chi connectivity index (χ3n) is 2.97. The standard InChI is InChI=1S/C13H15N3O4/c1-13(20,12(18)19)7-14-11(17)6-10-8-4-2-3-5-9(8)15-16-10/h2-5,20H,6-7H2,1H3,(H,14,17)(H,15,16)(H,18,19). The van der Waals surface area contributed by atoms with Gasteiger partial charge in [0, 0.05) is 5.39 Å². The maximum atomic E-state index is 11.8. The molecular weight excluding hydrogens is 262 g/mol. The lowest BCUT2D eigenvalue weighted by Crippen LogP contribution is -2.46. The first-order valence-electron chi connectivity index (χ1n) is 6.04. The Kier molecular flexibility index (Phi) is 3.71. The second-order valence-corrected chi connectivity index (χ2v) is 4.75. The minimum absolute atomic E-state index is 0.0379. The summed E-state index contributed by atoms with van der Waals surface area (Å²) >= 11 is 0. The molecule has 0 radical (unpaired) electrons. The summed E-state index contributed by atoms with van der Waals surface area (Å²) in [5, 5.41) is 28.3. The molecule has 1 aromatic heterocycles. The smallest absolute Gasteiger partial charge is 0.337 e. The molecule has 106 valence electrons. The van der Waals surface area contributed by atoms with Crippen LogP contribution >= 0.6 is 0 Å². The summed E-state index contributed by atoms with van der Waals surface area (Å²) in [7, 11) is 0. The number of aromatic amines is 1. The van der Waals surface area contributed by atoms with Crippen LogP contribution in [0.2, 0.25) is 0 Å². The number of aliphatic hydroxyl groups is 1. The molecule has 0 saturated carbocycles. The number of aromatic nitrogens is 2. The number of carbonyl (C=O) groups is 2. The summed E-state index contributed by atoms with van der Waals surface area (Å²) in [5.41, 5.74) is -0.577. The number of carboxylic acid groups (broad SMARTS) is 1. The van der Waals surface area contributed by atoms with Gasteiger partial charge < -0.3 is 15.5 Å². The van der Waals surface area contributed by atoms with Crippen molar-refractivity contribution in [1.82, 2.24) is 15.5 Å². The first kappa shape index (κ1) is 14.0. The zero-order chi connectivity index (χ0) is 14.8. The molecule has 1 unspecified atom stereocenters. The van der Waals surface area contributed by atoms with E-state index in [2.05, 4.69) is 15.5 Å². The van der Waals surface area contributed by atoms with Crippen molar-refractivity contribution in [3.63, 3.8) is 0 Å². The monoisotopic (exact) mass is 277 g/mol. The minimum atomic E-state index is -1.98. The fourth-order valence-electron chi connectivity index (χ4n) is 1.72. The predicted octanol–water partition coefficient (Wildman–Crippen LogP) is 0.0572. The van der Waals surface area contributed by atoms with E-state index < -0.39 is 11.6 Å². The average Bonchev–Trinajstić information content (AvgIpc) is 2.80. The van der Waals surface area contributed by atoms with Crippen LogP contribution in [0.3, 0.4) is 0 Å². The minimum Gasteiger partial charge on any atom is -0.479 e. The number of carbonyl (C=O) groups excluding carboxylic acids is 1. The molecule has 0 aliphatic carbocycles. The number of rotatable bonds is 5. The van der Waals surface area contributed by atoms with Crippen molar-refractivity contribution in [2.75, 3.05) is 6.54 Å². The fraction of sp³-hybridized carbons (Fsp3) is 0.308. The summed E-state index contributed by atoms with van der Waals surface area (Å²) in [6, 6.07) is 7.35. The van der Waals surface area contributed by atoms with Gasteiger partial charge in [-0.1, -0.05) is 18.2 Å². The van der Waals surface area contributed by atoms with Crippen LogP contribution in [-0.2, 0) is 16.0 Å². The van der Waals surface area contributed by atoms with E-state index in [9.17, 15) is 14.7 Å². The van der Waals surface area contributed by atoms with E-state index in [0.717, 1.165) is 17.8 Å². The first-order valence-corrected chi connectivity index (χ1v) is 6.04. The van der Waals surface area contributed by atoms with Gasteiger partial charge in [-0.25, -0.2) is 4.79 Å². The van der Waals surface area contributed by atoms with Gasteiger partial charge in [0.25, 0.3) is 0 Å². The van der Waals surface area contributed by atoms with Gasteiger partial charge in [0.1, 0.15) is 0 Å². The van der Waals surface area contributed by atoms with Gasteiger partial charge in [-0.15, -0.1) is 0 Å². The van der Waals surface area contributed by atoms with Crippen LogP contribution in [0.1, 0.15) is 12.6 Å². The van der Waals surface area contributed by atoms with E-state index in [4.69, 9.17) is 5.11 Å². The molecule has 0 aliphatic heterocycles. The molecule has 0 fully saturated rings. The maximum absolute atomic E-state index is 11.8. The lowest BCUT2D eigenvalue weighted by molar-refractivity contribution is -0.156. The molecule has 1 amide bonds. The Morgan fingerprint density at radius 1 is 1.40 bits per heavy atom. The number of nitrogens with one attached hydrogen (secondary N) is 2. The van der Waals surface area contributed by atoms with Crippen LogP contribution in [0.4, 0.5) is 0 Å². The number of H-pyrrole nitrogens is 1. The van der Waals surface area contributed by atoms with E-state index in [1.54, 1.807) is 0 Å². The lowest BCUT2D eigenvalue weighted by Gasteiger charge is -2.18. The molecule has 0 spiro atoms. The van der Waals surface area contributed by atoms with Crippen molar-refractivity contribution in [1.29, 1.82) is 0 Å². The fourth-order valence-corrected chi connectivity index (χ4v) is 1.72. The van der Waals surface area contributed by atoms with Crippen molar-refractivity contribution in [3.05, 3.63) is 30.0 Å². The highest BCUT2D eigenvalue weighted by molar-refractivity contribution is 5.87. The molecule has 0 saturated heterocycles. The van der Waals surface area contributed by atoms with Crippen molar-refractivity contribution in [2.45, 2.75) is 18.9 Å². The summed E-state index contributed by atoms with van der Waals surface area (Å²) in [4.78, 5) is 22.5. The van der Waals surface area contributed by atoms with Crippen LogP contribution in [0.25, 0.3) is 10.9 Å². The molecule has 7 heteroatoms. The Labute approximate surface area is 114 Å². The second-order valence-electron chi connectivity index (χ2n) is 4.75. The number of hydrogen-bond donors (Lipinski definition) is 4. The molecule has 4 N–H and O–H groups in total. The Morgan fingerprint density at radius 2 is 2.10 bits per heavy atom. The van der Waals surface area contributed by atoms with Gasteiger partial charge in [-0.05, 0) is 13.0 Å². The molecule has 2 rings (SSSR count). The van der Waals surface area contributed by atoms with Crippen LogP contribution in [-0.4, -0.2) is 44.4 Å². The van der Waals surface area contributed by atoms with Gasteiger partial charge in [0.15, 0.2) is 5.60 Å². The molecule has 20 heavy (non-hydrogen) atoms. The third kappa shape index (κ3) is 2.94. The summed E-state index contributed by atoms with van der Waals surface area (Å²) in [6.45, 7) is 0.772. The highest BCUT2D eigenvalue weighted by Gasteiger charge is 2.30. The van der Waals surface area contributed by atoms with Gasteiger partial charge in [0.05, 0.1) is 24.2 Å². The predicted molar refractivity (Wildman–Crippen MR) is 71.1 cm³/mol. The average molecular weight is 277 g/mol. The number of aliphatic carboxylic acids is 1. The molecule has 7 nitrogen and oxygen atoms in total. The van der Waals surface area contributed by atoms with Crippen molar-refractivity contribution in [2.24, 2.45) is 0 Å². The van der Waals surface area contributed by atoms with Gasteiger partial charge in [-0.2, -0.15) is 5.10 Å². The summed E-state index contributed by atoms with van der Waals surface area (Å²) < 4.78 is 0. The number of carboxylic acids is 1. The molecule has 0 bridgehead atoms. The van der Waals surface area contributed by atoms with Crippen LogP contribution in [0.5, 0.6) is 0 Å². The van der Waals surface area contributed by atoms with E-state index in [0.29, 0.717) is 5.69 Å². The Balaban J connectivity index is 2.00. The quantitative estimate of drug-likeness (QED) is 0.616. The number of fused-ring (bicyclic) bond motifs is 1. The van der Waals surface area contributed by atoms with E-state index in [1.165, 1.54) is 0 Å². The molecule has 1 heterocycles. The van der Waals surface area contributed by atoms with Crippen molar-refractivity contribution < 1.29 is 19.8 Å². The zero-order valence-corrected chi connectivity index (χ0v) is 10.9. The van der Waals surface area contributed by atoms with Crippen molar-refractivity contribution >= 4 is 22.8 Å². The van der Waals surface area contributed by atoms with E-state index in [-0.39, 0.29) is 18.9 Å². The van der Waals surface area contributed by atoms with Crippen LogP contribution < -0.4 is 5.32 Å². The summed E-state index contributed by atoms with van der Waals surface area (Å²) in [6.07, 6.45) is 0.0379. The Morgan fingerprint density at radius 3 is 2.80 bits per heavy atom. The topological polar surface area (TPSA) is 115 Å². The number of amides is 1. The normalized spacial score (nSPS) is 13.9. The molecule has 1 aromatic carbocycles. The van der Waals surface area contributed by atoms with Gasteiger partial charge in [0.2, 0.25) is 5.91 Å². The molecular formula is C13H15N3O4. The van der Waals surface area contributed by atoms with Crippen LogP contribution in [0, 0.1) is 0 Å². The number of para-hydroxylation sites is 1. The van der Waals surface area contributed by atoms with Crippen molar-refractivity contribution in [3.8, 4) is 0 Å². The largest absolute Gasteiger partial charge is 0.479 e. The molecule has 0 aliphatic rings. The second kappa shape index (κ2) is 5.30. The van der Waals surface area contributed by atoms with E-state index in [1.807, 2.05) is 24.3 Å². The third-order valence-corrected chi connectivity index (χ3v) is 2.97. The molecule has 1 atom stereocenters. The molecule has 2 aromatic rings. The zero-order valence-electron chi connectivity index (χ0n) is 10.9. The SMILES string of the molecule is CC(O)(CNC(=O)Cc1[nH]nc2ccccc12)C(=O)O. The Hall–Kier alpha value is -2.41. The lowest BCUT2D eigenvalue weighted by atomic mass is 10.1. The number of nitrogens with zero attached hydrogens (tertiary/aromatic N) is 1. The Bertz CT molecular complexity index is 648. The van der Waals surface area contributed by atoms with Crippen LogP contribution in [0.15, 0.2) is 24.3 Å². The number of benzene rings is 1. The maximum Gasteiger partial charge on any atom is 0.337 e. The van der Waals surface area contributed by atoms with E-state index >= 15 is 0 Å².